The van der Waals surface area contributed by atoms with Crippen molar-refractivity contribution in [1.82, 2.24) is 0 Å². The van der Waals surface area contributed by atoms with Crippen LogP contribution in [0, 0.1) is 24.5 Å². The predicted molar refractivity (Wildman–Crippen MR) is 64.7 cm³/mol. The second-order valence-electron chi connectivity index (χ2n) is 4.56. The predicted octanol–water partition coefficient (Wildman–Crippen LogP) is 4.13. The second-order valence-corrected chi connectivity index (χ2v) is 4.56. The quantitative estimate of drug-likeness (QED) is 0.823. The van der Waals surface area contributed by atoms with Gasteiger partial charge in [0, 0.05) is 11.6 Å². The third-order valence-corrected chi connectivity index (χ3v) is 3.35. The smallest absolute Gasteiger partial charge is 0.131 e. The fourth-order valence-corrected chi connectivity index (χ4v) is 2.00. The largest absolute Gasteiger partial charge is 0.388 e. The number of aliphatic hydroxyl groups is 1. The first-order chi connectivity index (χ1) is 7.99. The Labute approximate surface area is 101 Å². The zero-order chi connectivity index (χ0) is 13.0. The van der Waals surface area contributed by atoms with Gasteiger partial charge < -0.3 is 5.11 Å². The van der Waals surface area contributed by atoms with Gasteiger partial charge in [-0.05, 0) is 30.9 Å². The van der Waals surface area contributed by atoms with Crippen molar-refractivity contribution < 1.29 is 13.9 Å². The van der Waals surface area contributed by atoms with Crippen LogP contribution in [0.25, 0.3) is 0 Å². The van der Waals surface area contributed by atoms with Crippen LogP contribution in [0.2, 0.25) is 0 Å². The Morgan fingerprint density at radius 2 is 1.71 bits per heavy atom. The van der Waals surface area contributed by atoms with E-state index in [4.69, 9.17) is 0 Å². The summed E-state index contributed by atoms with van der Waals surface area (Å²) in [6, 6.07) is 2.25. The van der Waals surface area contributed by atoms with Crippen LogP contribution in [0.3, 0.4) is 0 Å². The minimum Gasteiger partial charge on any atom is -0.388 e. The molecule has 1 rings (SSSR count). The normalized spacial score (nSPS) is 13.1. The number of halogens is 2. The van der Waals surface area contributed by atoms with Gasteiger partial charge in [0.05, 0.1) is 6.10 Å². The molecule has 1 N–H and O–H groups in total. The molecule has 0 fully saturated rings. The molecular weight excluding hydrogens is 222 g/mol. The van der Waals surface area contributed by atoms with E-state index in [2.05, 4.69) is 0 Å². The van der Waals surface area contributed by atoms with E-state index in [1.165, 1.54) is 6.07 Å². The van der Waals surface area contributed by atoms with Crippen LogP contribution in [-0.4, -0.2) is 5.11 Å². The molecule has 0 heterocycles. The van der Waals surface area contributed by atoms with Crippen molar-refractivity contribution in [2.45, 2.75) is 46.1 Å². The first-order valence-electron chi connectivity index (χ1n) is 6.13. The molecule has 0 spiro atoms. The van der Waals surface area contributed by atoms with Crippen molar-refractivity contribution in [2.75, 3.05) is 0 Å². The monoisotopic (exact) mass is 242 g/mol. The van der Waals surface area contributed by atoms with Gasteiger partial charge in [-0.3, -0.25) is 0 Å². The fraction of sp³-hybridized carbons (Fsp3) is 0.571. The van der Waals surface area contributed by atoms with Gasteiger partial charge in [0.25, 0.3) is 0 Å². The van der Waals surface area contributed by atoms with E-state index in [1.807, 2.05) is 13.8 Å². The molecule has 1 nitrogen and oxygen atoms in total. The molecule has 3 heteroatoms. The molecule has 0 aliphatic rings. The lowest BCUT2D eigenvalue weighted by molar-refractivity contribution is 0.137. The van der Waals surface area contributed by atoms with Gasteiger partial charge in [0.2, 0.25) is 0 Å². The van der Waals surface area contributed by atoms with Crippen molar-refractivity contribution in [2.24, 2.45) is 5.92 Å². The summed E-state index contributed by atoms with van der Waals surface area (Å²) in [5.41, 5.74) is 0.570. The molecule has 0 aromatic heterocycles. The van der Waals surface area contributed by atoms with Gasteiger partial charge in [-0.2, -0.15) is 0 Å². The fourth-order valence-electron chi connectivity index (χ4n) is 2.00. The molecule has 1 atom stereocenters. The van der Waals surface area contributed by atoms with Gasteiger partial charge in [-0.15, -0.1) is 0 Å². The molecule has 17 heavy (non-hydrogen) atoms. The third kappa shape index (κ3) is 3.50. The number of aryl methyl sites for hydroxylation is 1. The summed E-state index contributed by atoms with van der Waals surface area (Å²) in [4.78, 5) is 0. The van der Waals surface area contributed by atoms with E-state index in [1.54, 1.807) is 6.92 Å². The Balaban J connectivity index is 2.88. The van der Waals surface area contributed by atoms with Gasteiger partial charge >= 0.3 is 0 Å². The Kier molecular flexibility index (Phi) is 5.06. The average molecular weight is 242 g/mol. The van der Waals surface area contributed by atoms with E-state index in [9.17, 15) is 13.9 Å². The zero-order valence-electron chi connectivity index (χ0n) is 10.6. The standard InChI is InChI=1S/C14H20F2O/c1-4-10(5-2)7-14(17)11-6-9(3)12(15)8-13(11)16/h6,8,10,14,17H,4-5,7H2,1-3H3. The van der Waals surface area contributed by atoms with Crippen molar-refractivity contribution in [3.05, 3.63) is 34.9 Å². The molecule has 0 amide bonds. The molecule has 96 valence electrons. The number of hydrogen-bond acceptors (Lipinski definition) is 1. The Morgan fingerprint density at radius 1 is 1.12 bits per heavy atom. The maximum atomic E-state index is 13.5. The molecule has 1 aromatic rings. The zero-order valence-corrected chi connectivity index (χ0v) is 10.6. The van der Waals surface area contributed by atoms with Crippen LogP contribution in [-0.2, 0) is 0 Å². The van der Waals surface area contributed by atoms with Gasteiger partial charge in [0.15, 0.2) is 0 Å². The summed E-state index contributed by atoms with van der Waals surface area (Å²) in [5.74, 6) is -0.859. The van der Waals surface area contributed by atoms with Gasteiger partial charge in [0.1, 0.15) is 11.6 Å². The lowest BCUT2D eigenvalue weighted by Gasteiger charge is -2.18. The SMILES string of the molecule is CCC(CC)CC(O)c1cc(C)c(F)cc1F. The summed E-state index contributed by atoms with van der Waals surface area (Å²) in [5, 5.41) is 9.99. The summed E-state index contributed by atoms with van der Waals surface area (Å²) >= 11 is 0. The number of benzene rings is 1. The number of rotatable bonds is 5. The number of aliphatic hydroxyl groups excluding tert-OH is 1. The van der Waals surface area contributed by atoms with Crippen LogP contribution in [0.5, 0.6) is 0 Å². The van der Waals surface area contributed by atoms with Crippen molar-refractivity contribution in [3.63, 3.8) is 0 Å². The molecule has 1 aromatic carbocycles. The summed E-state index contributed by atoms with van der Waals surface area (Å²) in [7, 11) is 0. The summed E-state index contributed by atoms with van der Waals surface area (Å²) in [6.07, 6.45) is 1.58. The van der Waals surface area contributed by atoms with Crippen LogP contribution in [0.1, 0.15) is 50.3 Å². The molecule has 1 unspecified atom stereocenters. The Hall–Kier alpha value is -0.960. The molecule has 0 bridgehead atoms. The first-order valence-corrected chi connectivity index (χ1v) is 6.13. The average Bonchev–Trinajstić information content (AvgIpc) is 2.30. The van der Waals surface area contributed by atoms with Crippen LogP contribution in [0.15, 0.2) is 12.1 Å². The molecule has 0 saturated heterocycles. The van der Waals surface area contributed by atoms with Crippen molar-refractivity contribution in [3.8, 4) is 0 Å². The van der Waals surface area contributed by atoms with Crippen LogP contribution < -0.4 is 0 Å². The van der Waals surface area contributed by atoms with E-state index in [-0.39, 0.29) is 5.56 Å². The molecule has 0 aliphatic carbocycles. The topological polar surface area (TPSA) is 20.2 Å². The van der Waals surface area contributed by atoms with E-state index in [0.29, 0.717) is 17.9 Å². The highest BCUT2D eigenvalue weighted by Crippen LogP contribution is 2.28. The highest BCUT2D eigenvalue weighted by Gasteiger charge is 2.18. The molecule has 0 aliphatic heterocycles. The molecule has 0 saturated carbocycles. The second kappa shape index (κ2) is 6.10. The van der Waals surface area contributed by atoms with E-state index >= 15 is 0 Å². The van der Waals surface area contributed by atoms with E-state index in [0.717, 1.165) is 18.9 Å². The lowest BCUT2D eigenvalue weighted by Crippen LogP contribution is -2.08. The Morgan fingerprint density at radius 3 is 2.24 bits per heavy atom. The minimum absolute atomic E-state index is 0.204. The highest BCUT2D eigenvalue weighted by atomic mass is 19.1. The van der Waals surface area contributed by atoms with Gasteiger partial charge in [-0.25, -0.2) is 8.78 Å². The lowest BCUT2D eigenvalue weighted by atomic mass is 9.92. The summed E-state index contributed by atoms with van der Waals surface area (Å²) in [6.45, 7) is 5.67. The Bertz CT molecular complexity index is 373. The maximum absolute atomic E-state index is 13.5. The van der Waals surface area contributed by atoms with Crippen LogP contribution in [0.4, 0.5) is 8.78 Å². The van der Waals surface area contributed by atoms with Crippen LogP contribution >= 0.6 is 0 Å². The third-order valence-electron chi connectivity index (χ3n) is 3.35. The first kappa shape index (κ1) is 14.1. The summed E-state index contributed by atoms with van der Waals surface area (Å²) < 4.78 is 26.6. The van der Waals surface area contributed by atoms with Gasteiger partial charge in [-0.1, -0.05) is 26.7 Å². The van der Waals surface area contributed by atoms with Crippen molar-refractivity contribution >= 4 is 0 Å². The highest BCUT2D eigenvalue weighted by molar-refractivity contribution is 5.27. The number of hydrogen-bond donors (Lipinski definition) is 1. The molecular formula is C14H20F2O. The van der Waals surface area contributed by atoms with E-state index < -0.39 is 17.7 Å². The molecule has 0 radical (unpaired) electrons. The van der Waals surface area contributed by atoms with Crippen molar-refractivity contribution in [1.29, 1.82) is 0 Å². The minimum atomic E-state index is -0.848. The maximum Gasteiger partial charge on any atom is 0.131 e.